The van der Waals surface area contributed by atoms with Crippen molar-refractivity contribution in [2.75, 3.05) is 21.3 Å². The van der Waals surface area contributed by atoms with Gasteiger partial charge in [0.25, 0.3) is 0 Å². The van der Waals surface area contributed by atoms with Crippen molar-refractivity contribution < 1.29 is 32.8 Å². The van der Waals surface area contributed by atoms with Crippen LogP contribution in [0.5, 0.6) is 11.5 Å². The third-order valence-electron chi connectivity index (χ3n) is 4.89. The van der Waals surface area contributed by atoms with Crippen LogP contribution in [0.4, 0.5) is 5.88 Å². The molecule has 1 aromatic carbocycles. The van der Waals surface area contributed by atoms with E-state index in [0.29, 0.717) is 17.3 Å². The summed E-state index contributed by atoms with van der Waals surface area (Å²) < 4.78 is 37.3. The largest absolute Gasteiger partial charge is 0.504 e. The maximum Gasteiger partial charge on any atom is 0.454 e. The number of furan rings is 1. The van der Waals surface area contributed by atoms with Crippen molar-refractivity contribution in [3.8, 4) is 11.5 Å². The average Bonchev–Trinajstić information content (AvgIpc) is 3.19. The Morgan fingerprint density at radius 3 is 2.60 bits per heavy atom. The van der Waals surface area contributed by atoms with Crippen LogP contribution >= 0.6 is 7.75 Å². The van der Waals surface area contributed by atoms with Gasteiger partial charge >= 0.3 is 13.6 Å². The van der Waals surface area contributed by atoms with Crippen molar-refractivity contribution in [3.63, 3.8) is 0 Å². The van der Waals surface area contributed by atoms with E-state index < -0.39 is 12.7 Å². The minimum absolute atomic E-state index is 0.0282. The molecule has 0 saturated carbocycles. The van der Waals surface area contributed by atoms with Crippen LogP contribution in [0, 0.1) is 10.1 Å². The third-order valence-corrected chi connectivity index (χ3v) is 6.29. The minimum Gasteiger partial charge on any atom is -0.504 e. The molecule has 3 rings (SSSR count). The number of phenols is 1. The van der Waals surface area contributed by atoms with Crippen LogP contribution in [-0.2, 0) is 26.6 Å². The predicted octanol–water partition coefficient (Wildman–Crippen LogP) is 3.82. The number of hydrogen-bond acceptors (Lipinski definition) is 8. The molecular weight excluding hydrogens is 417 g/mol. The van der Waals surface area contributed by atoms with Gasteiger partial charge in [-0.3, -0.25) is 19.2 Å². The number of benzene rings is 1. The molecule has 1 atom stereocenters. The van der Waals surface area contributed by atoms with E-state index in [-0.39, 0.29) is 30.6 Å². The Labute approximate surface area is 172 Å². The molecule has 1 unspecified atom stereocenters. The van der Waals surface area contributed by atoms with Gasteiger partial charge in [-0.05, 0) is 36.2 Å². The molecule has 2 heterocycles. The van der Waals surface area contributed by atoms with Crippen LogP contribution in [0.1, 0.15) is 29.9 Å². The molecule has 0 amide bonds. The standard InChI is InChI=1S/C18H22N3O8P/c1-11-14-9-16(26-2)15(22)7-12(14)8-17(19-30(25,27-3)28-4)20(11)10-13-5-6-18(29-13)21(23)24/h5-7,9,11,22H,8,10H2,1-4H3/b19-17-. The summed E-state index contributed by atoms with van der Waals surface area (Å²) in [7, 11) is 0.161. The van der Waals surface area contributed by atoms with Crippen molar-refractivity contribution in [3.05, 3.63) is 51.3 Å². The average molecular weight is 439 g/mol. The zero-order valence-corrected chi connectivity index (χ0v) is 17.8. The van der Waals surface area contributed by atoms with Crippen LogP contribution in [0.2, 0.25) is 0 Å². The highest BCUT2D eigenvalue weighted by molar-refractivity contribution is 7.52. The lowest BCUT2D eigenvalue weighted by Gasteiger charge is -2.37. The lowest BCUT2D eigenvalue weighted by atomic mass is 9.92. The number of amidine groups is 1. The molecule has 1 aliphatic heterocycles. The van der Waals surface area contributed by atoms with E-state index in [1.165, 1.54) is 33.5 Å². The lowest BCUT2D eigenvalue weighted by molar-refractivity contribution is -0.402. The maximum absolute atomic E-state index is 12.7. The van der Waals surface area contributed by atoms with Crippen LogP contribution in [0.25, 0.3) is 0 Å². The first-order valence-electron chi connectivity index (χ1n) is 8.91. The molecule has 1 N–H and O–H groups in total. The summed E-state index contributed by atoms with van der Waals surface area (Å²) in [6, 6.07) is 5.75. The highest BCUT2D eigenvalue weighted by Crippen LogP contribution is 2.50. The number of hydrogen-bond donors (Lipinski definition) is 1. The SMILES string of the molecule is COc1cc2c(cc1O)C/C(=N/P(=O)(OC)OC)N(Cc1ccc([N+](=O)[O-])o1)C2C. The highest BCUT2D eigenvalue weighted by atomic mass is 31.2. The number of nitrogens with zero attached hydrogens (tertiary/aromatic N) is 3. The monoisotopic (exact) mass is 439 g/mol. The van der Waals surface area contributed by atoms with Gasteiger partial charge in [0.15, 0.2) is 11.5 Å². The Morgan fingerprint density at radius 1 is 1.33 bits per heavy atom. The summed E-state index contributed by atoms with van der Waals surface area (Å²) in [6.07, 6.45) is 0.219. The second-order valence-corrected chi connectivity index (χ2v) is 8.42. The van der Waals surface area contributed by atoms with Gasteiger partial charge in [-0.15, -0.1) is 0 Å². The molecule has 0 spiro atoms. The van der Waals surface area contributed by atoms with Crippen molar-refractivity contribution >= 4 is 19.5 Å². The van der Waals surface area contributed by atoms with E-state index in [0.717, 1.165) is 11.1 Å². The van der Waals surface area contributed by atoms with Gasteiger partial charge in [0.1, 0.15) is 16.5 Å². The molecule has 11 nitrogen and oxygen atoms in total. The molecule has 30 heavy (non-hydrogen) atoms. The number of fused-ring (bicyclic) bond motifs is 1. The van der Waals surface area contributed by atoms with Crippen LogP contribution in [0.3, 0.4) is 0 Å². The van der Waals surface area contributed by atoms with E-state index in [9.17, 15) is 19.8 Å². The van der Waals surface area contributed by atoms with E-state index in [1.54, 1.807) is 17.0 Å². The molecule has 0 bridgehead atoms. The van der Waals surface area contributed by atoms with Crippen molar-refractivity contribution in [2.24, 2.45) is 4.76 Å². The lowest BCUT2D eigenvalue weighted by Crippen LogP contribution is -2.38. The normalized spacial score (nSPS) is 17.8. The van der Waals surface area contributed by atoms with E-state index >= 15 is 0 Å². The molecule has 2 aromatic rings. The molecule has 1 aliphatic rings. The smallest absolute Gasteiger partial charge is 0.454 e. The Balaban J connectivity index is 2.07. The van der Waals surface area contributed by atoms with Crippen LogP contribution in [-0.4, -0.2) is 42.1 Å². The number of rotatable bonds is 7. The summed E-state index contributed by atoms with van der Waals surface area (Å²) >= 11 is 0. The van der Waals surface area contributed by atoms with Crippen molar-refractivity contribution in [1.82, 2.24) is 4.90 Å². The van der Waals surface area contributed by atoms with Gasteiger partial charge in [0.05, 0.1) is 25.8 Å². The molecule has 0 aliphatic carbocycles. The second kappa shape index (κ2) is 8.47. The quantitative estimate of drug-likeness (QED) is 0.388. The van der Waals surface area contributed by atoms with Crippen molar-refractivity contribution in [1.29, 1.82) is 0 Å². The highest BCUT2D eigenvalue weighted by Gasteiger charge is 2.33. The zero-order valence-electron chi connectivity index (χ0n) is 16.9. The van der Waals surface area contributed by atoms with Gasteiger partial charge in [0, 0.05) is 20.6 Å². The summed E-state index contributed by atoms with van der Waals surface area (Å²) in [5, 5.41) is 21.1. The molecule has 0 fully saturated rings. The van der Waals surface area contributed by atoms with Gasteiger partial charge in [0.2, 0.25) is 0 Å². The Hall–Kier alpha value is -2.88. The first kappa shape index (κ1) is 21.8. The summed E-state index contributed by atoms with van der Waals surface area (Å²) in [5.41, 5.74) is 1.62. The number of aromatic hydroxyl groups is 1. The molecule has 162 valence electrons. The zero-order chi connectivity index (χ0) is 22.1. The second-order valence-electron chi connectivity index (χ2n) is 6.55. The summed E-state index contributed by atoms with van der Waals surface area (Å²) in [6.45, 7) is 2.01. The Kier molecular flexibility index (Phi) is 6.16. The van der Waals surface area contributed by atoms with Gasteiger partial charge in [-0.1, -0.05) is 0 Å². The maximum atomic E-state index is 12.7. The third kappa shape index (κ3) is 4.18. The summed E-state index contributed by atoms with van der Waals surface area (Å²) in [4.78, 5) is 12.1. The number of methoxy groups -OCH3 is 1. The topological polar surface area (TPSA) is 137 Å². The van der Waals surface area contributed by atoms with Crippen LogP contribution < -0.4 is 4.74 Å². The van der Waals surface area contributed by atoms with Crippen molar-refractivity contribution in [2.45, 2.75) is 25.9 Å². The summed E-state index contributed by atoms with van der Waals surface area (Å²) in [5.74, 6) is 0.610. The first-order valence-corrected chi connectivity index (χ1v) is 10.4. The van der Waals surface area contributed by atoms with Crippen LogP contribution in [0.15, 0.2) is 33.4 Å². The molecular formula is C18H22N3O8P. The fourth-order valence-corrected chi connectivity index (χ4v) is 4.11. The molecule has 0 saturated heterocycles. The van der Waals surface area contributed by atoms with Gasteiger partial charge in [-0.2, -0.15) is 4.76 Å². The fourth-order valence-electron chi connectivity index (χ4n) is 3.33. The number of phenolic OH excluding ortho intramolecular Hbond substituents is 1. The van der Waals surface area contributed by atoms with Gasteiger partial charge in [-0.25, -0.2) is 4.57 Å². The minimum atomic E-state index is -3.75. The number of ether oxygens (including phenoxy) is 1. The van der Waals surface area contributed by atoms with E-state index in [2.05, 4.69) is 4.76 Å². The van der Waals surface area contributed by atoms with E-state index in [4.69, 9.17) is 18.2 Å². The molecule has 0 radical (unpaired) electrons. The fraction of sp³-hybridized carbons (Fsp3) is 0.389. The Morgan fingerprint density at radius 2 is 2.03 bits per heavy atom. The predicted molar refractivity (Wildman–Crippen MR) is 107 cm³/mol. The Bertz CT molecular complexity index is 1030. The molecule has 1 aromatic heterocycles. The molecule has 12 heteroatoms. The number of nitro groups is 1. The van der Waals surface area contributed by atoms with E-state index in [1.807, 2.05) is 6.92 Å². The first-order chi connectivity index (χ1) is 14.2. The van der Waals surface area contributed by atoms with Gasteiger partial charge < -0.3 is 19.2 Å².